The Morgan fingerprint density at radius 3 is 2.12 bits per heavy atom. The summed E-state index contributed by atoms with van der Waals surface area (Å²) in [5.74, 6) is 0.404. The first-order valence-corrected chi connectivity index (χ1v) is 10.6. The molecule has 0 aliphatic rings. The summed E-state index contributed by atoms with van der Waals surface area (Å²) in [5.41, 5.74) is 1.46. The third-order valence-electron chi connectivity index (χ3n) is 4.04. The van der Waals surface area contributed by atoms with Crippen molar-refractivity contribution in [2.45, 2.75) is 11.3 Å². The summed E-state index contributed by atoms with van der Waals surface area (Å²) in [7, 11) is -2.36. The van der Waals surface area contributed by atoms with Gasteiger partial charge in [0.25, 0.3) is 0 Å². The van der Waals surface area contributed by atoms with Crippen molar-refractivity contribution in [3.63, 3.8) is 0 Å². The van der Waals surface area contributed by atoms with Crippen molar-refractivity contribution in [3.05, 3.63) is 60.7 Å². The first-order valence-electron chi connectivity index (χ1n) is 9.13. The number of benzene rings is 2. The van der Waals surface area contributed by atoms with Crippen LogP contribution < -0.4 is 18.9 Å². The molecule has 1 aromatic heterocycles. The van der Waals surface area contributed by atoms with E-state index in [4.69, 9.17) is 9.47 Å². The molecule has 0 saturated heterocycles. The maximum Gasteiger partial charge on any atom is 0.573 e. The standard InChI is InChI=1S/C20H18F3N3O5S/c1-29-15-4-2-14(3-5-15)18-10-11-19(26-25-18)30-13-12-24-32(27,28)17-8-6-16(7-9-17)31-20(21,22)23/h2-11,24H,12-13H2,1H3. The zero-order valence-electron chi connectivity index (χ0n) is 16.7. The minimum Gasteiger partial charge on any atom is -0.497 e. The van der Waals surface area contributed by atoms with Crippen LogP contribution >= 0.6 is 0 Å². The molecule has 170 valence electrons. The lowest BCUT2D eigenvalue weighted by Crippen LogP contribution is -2.28. The predicted molar refractivity (Wildman–Crippen MR) is 108 cm³/mol. The number of alkyl halides is 3. The molecular weight excluding hydrogens is 451 g/mol. The van der Waals surface area contributed by atoms with Crippen LogP contribution in [0.4, 0.5) is 13.2 Å². The Labute approximate surface area is 182 Å². The van der Waals surface area contributed by atoms with Crippen molar-refractivity contribution in [1.29, 1.82) is 0 Å². The molecule has 2 aromatic carbocycles. The van der Waals surface area contributed by atoms with Crippen molar-refractivity contribution in [1.82, 2.24) is 14.9 Å². The van der Waals surface area contributed by atoms with E-state index < -0.39 is 22.1 Å². The van der Waals surface area contributed by atoms with Gasteiger partial charge in [-0.3, -0.25) is 0 Å². The molecule has 3 aromatic rings. The summed E-state index contributed by atoms with van der Waals surface area (Å²) < 4.78 is 77.4. The molecule has 0 spiro atoms. The number of halogens is 3. The van der Waals surface area contributed by atoms with Gasteiger partial charge in [-0.15, -0.1) is 23.4 Å². The fourth-order valence-electron chi connectivity index (χ4n) is 2.55. The number of hydrogen-bond acceptors (Lipinski definition) is 7. The largest absolute Gasteiger partial charge is 0.573 e. The van der Waals surface area contributed by atoms with Gasteiger partial charge in [-0.25, -0.2) is 13.1 Å². The van der Waals surface area contributed by atoms with Crippen molar-refractivity contribution < 1.29 is 35.8 Å². The van der Waals surface area contributed by atoms with E-state index in [1.807, 2.05) is 12.1 Å². The summed E-state index contributed by atoms with van der Waals surface area (Å²) in [6.45, 7) is -0.129. The van der Waals surface area contributed by atoms with Gasteiger partial charge < -0.3 is 14.2 Å². The molecule has 1 heterocycles. The van der Waals surface area contributed by atoms with E-state index >= 15 is 0 Å². The van der Waals surface area contributed by atoms with Gasteiger partial charge in [0.1, 0.15) is 18.1 Å². The zero-order chi connectivity index (χ0) is 23.2. The Morgan fingerprint density at radius 1 is 0.906 bits per heavy atom. The average molecular weight is 469 g/mol. The molecule has 8 nitrogen and oxygen atoms in total. The average Bonchev–Trinajstić information content (AvgIpc) is 2.76. The van der Waals surface area contributed by atoms with E-state index in [-0.39, 0.29) is 23.9 Å². The Bertz CT molecular complexity index is 1120. The number of hydrogen-bond donors (Lipinski definition) is 1. The molecule has 3 rings (SSSR count). The van der Waals surface area contributed by atoms with Crippen molar-refractivity contribution in [2.75, 3.05) is 20.3 Å². The molecule has 0 radical (unpaired) electrons. The van der Waals surface area contributed by atoms with Crippen LogP contribution in [-0.4, -0.2) is 45.2 Å². The van der Waals surface area contributed by atoms with Gasteiger partial charge in [0.2, 0.25) is 15.9 Å². The Kier molecular flexibility index (Phi) is 7.15. The van der Waals surface area contributed by atoms with Gasteiger partial charge in [0.15, 0.2) is 0 Å². The number of methoxy groups -OCH3 is 1. The van der Waals surface area contributed by atoms with Crippen LogP contribution in [0.15, 0.2) is 65.6 Å². The number of aromatic nitrogens is 2. The number of nitrogens with zero attached hydrogens (tertiary/aromatic N) is 2. The second-order valence-electron chi connectivity index (χ2n) is 6.25. The second-order valence-corrected chi connectivity index (χ2v) is 8.02. The Balaban J connectivity index is 1.49. The quantitative estimate of drug-likeness (QED) is 0.480. The van der Waals surface area contributed by atoms with Crippen LogP contribution in [0.25, 0.3) is 11.3 Å². The molecule has 0 atom stereocenters. The van der Waals surface area contributed by atoms with Crippen LogP contribution in [0, 0.1) is 0 Å². The Hall–Kier alpha value is -3.38. The van der Waals surface area contributed by atoms with Crippen LogP contribution in [0.1, 0.15) is 0 Å². The minimum absolute atomic E-state index is 0.0366. The third kappa shape index (κ3) is 6.56. The number of sulfonamides is 1. The van der Waals surface area contributed by atoms with Gasteiger partial charge in [0, 0.05) is 18.2 Å². The molecule has 0 saturated carbocycles. The highest BCUT2D eigenvalue weighted by Gasteiger charge is 2.31. The van der Waals surface area contributed by atoms with Crippen molar-refractivity contribution in [3.8, 4) is 28.6 Å². The van der Waals surface area contributed by atoms with E-state index in [1.54, 1.807) is 31.4 Å². The molecule has 0 unspecified atom stereocenters. The molecule has 0 aliphatic heterocycles. The highest BCUT2D eigenvalue weighted by atomic mass is 32.2. The normalized spacial score (nSPS) is 11.8. The maximum atomic E-state index is 12.2. The third-order valence-corrected chi connectivity index (χ3v) is 5.51. The smallest absolute Gasteiger partial charge is 0.497 e. The maximum absolute atomic E-state index is 12.2. The fourth-order valence-corrected chi connectivity index (χ4v) is 3.56. The van der Waals surface area contributed by atoms with Crippen molar-refractivity contribution >= 4 is 10.0 Å². The van der Waals surface area contributed by atoms with Crippen LogP contribution in [0.2, 0.25) is 0 Å². The molecule has 0 bridgehead atoms. The molecular formula is C20H18F3N3O5S. The van der Waals surface area contributed by atoms with Crippen LogP contribution in [0.5, 0.6) is 17.4 Å². The van der Waals surface area contributed by atoms with Crippen LogP contribution in [0.3, 0.4) is 0 Å². The second kappa shape index (κ2) is 9.83. The van der Waals surface area contributed by atoms with Gasteiger partial charge >= 0.3 is 6.36 Å². The van der Waals surface area contributed by atoms with E-state index in [0.717, 1.165) is 35.6 Å². The van der Waals surface area contributed by atoms with E-state index in [9.17, 15) is 21.6 Å². The highest BCUT2D eigenvalue weighted by molar-refractivity contribution is 7.89. The van der Waals surface area contributed by atoms with Gasteiger partial charge in [-0.2, -0.15) is 0 Å². The van der Waals surface area contributed by atoms with Crippen molar-refractivity contribution in [2.24, 2.45) is 0 Å². The summed E-state index contributed by atoms with van der Waals surface area (Å²) in [5, 5.41) is 8.01. The van der Waals surface area contributed by atoms with Gasteiger partial charge in [-0.05, 0) is 54.6 Å². The van der Waals surface area contributed by atoms with Gasteiger partial charge in [-0.1, -0.05) is 0 Å². The Morgan fingerprint density at radius 2 is 1.56 bits per heavy atom. The monoisotopic (exact) mass is 469 g/mol. The lowest BCUT2D eigenvalue weighted by atomic mass is 10.1. The number of ether oxygens (including phenoxy) is 3. The summed E-state index contributed by atoms with van der Waals surface area (Å²) in [6.07, 6.45) is -4.86. The van der Waals surface area contributed by atoms with E-state index in [0.29, 0.717) is 5.69 Å². The molecule has 0 amide bonds. The lowest BCUT2D eigenvalue weighted by Gasteiger charge is -2.10. The number of rotatable bonds is 9. The first-order chi connectivity index (χ1) is 15.2. The van der Waals surface area contributed by atoms with E-state index in [2.05, 4.69) is 19.7 Å². The lowest BCUT2D eigenvalue weighted by molar-refractivity contribution is -0.274. The number of nitrogens with one attached hydrogen (secondary N) is 1. The summed E-state index contributed by atoms with van der Waals surface area (Å²) >= 11 is 0. The zero-order valence-corrected chi connectivity index (χ0v) is 17.5. The van der Waals surface area contributed by atoms with Gasteiger partial charge in [0.05, 0.1) is 17.7 Å². The highest BCUT2D eigenvalue weighted by Crippen LogP contribution is 2.24. The molecule has 12 heteroatoms. The SMILES string of the molecule is COc1ccc(-c2ccc(OCCNS(=O)(=O)c3ccc(OC(F)(F)F)cc3)nn2)cc1. The molecule has 0 fully saturated rings. The summed E-state index contributed by atoms with van der Waals surface area (Å²) in [4.78, 5) is -0.212. The van der Waals surface area contributed by atoms with Crippen LogP contribution in [-0.2, 0) is 10.0 Å². The fraction of sp³-hybridized carbons (Fsp3) is 0.200. The molecule has 0 aliphatic carbocycles. The summed E-state index contributed by atoms with van der Waals surface area (Å²) in [6, 6.07) is 14.4. The topological polar surface area (TPSA) is 99.6 Å². The predicted octanol–water partition coefficient (Wildman–Crippen LogP) is 3.41. The molecule has 1 N–H and O–H groups in total. The minimum atomic E-state index is -4.86. The van der Waals surface area contributed by atoms with E-state index in [1.165, 1.54) is 0 Å². The molecule has 32 heavy (non-hydrogen) atoms. The first kappa shape index (κ1) is 23.3.